The molecule has 1 aromatic heterocycles. The zero-order valence-corrected chi connectivity index (χ0v) is 11.3. The van der Waals surface area contributed by atoms with E-state index in [0.717, 1.165) is 12.8 Å². The second-order valence-corrected chi connectivity index (χ2v) is 5.20. The van der Waals surface area contributed by atoms with Crippen LogP contribution in [0, 0.1) is 5.92 Å². The summed E-state index contributed by atoms with van der Waals surface area (Å²) in [6.45, 7) is 2.29. The van der Waals surface area contributed by atoms with E-state index in [9.17, 15) is 14.7 Å². The summed E-state index contributed by atoms with van der Waals surface area (Å²) in [5.74, 6) is -1.40. The highest BCUT2D eigenvalue weighted by Crippen LogP contribution is 2.25. The van der Waals surface area contributed by atoms with Crippen LogP contribution in [0.1, 0.15) is 30.3 Å². The fourth-order valence-corrected chi connectivity index (χ4v) is 2.62. The lowest BCUT2D eigenvalue weighted by molar-refractivity contribution is -0.145. The molecule has 2 rings (SSSR count). The SMILES string of the molecule is CC1CCCN(C(=O)c2cc(Cl)ccn2)C1C(=O)O. The molecule has 19 heavy (non-hydrogen) atoms. The van der Waals surface area contributed by atoms with Crippen LogP contribution < -0.4 is 0 Å². The molecule has 2 atom stereocenters. The van der Waals surface area contributed by atoms with Crippen LogP contribution in [0.25, 0.3) is 0 Å². The Morgan fingerprint density at radius 1 is 1.53 bits per heavy atom. The van der Waals surface area contributed by atoms with Crippen LogP contribution in [-0.2, 0) is 4.79 Å². The predicted molar refractivity (Wildman–Crippen MR) is 70.1 cm³/mol. The number of rotatable bonds is 2. The number of aliphatic carboxylic acids is 1. The molecule has 1 aromatic rings. The van der Waals surface area contributed by atoms with Crippen molar-refractivity contribution < 1.29 is 14.7 Å². The molecule has 0 aliphatic carbocycles. The summed E-state index contributed by atoms with van der Waals surface area (Å²) >= 11 is 5.83. The van der Waals surface area contributed by atoms with Crippen molar-refractivity contribution in [2.75, 3.05) is 6.54 Å². The van der Waals surface area contributed by atoms with Crippen LogP contribution >= 0.6 is 11.6 Å². The van der Waals surface area contributed by atoms with Crippen LogP contribution in [0.15, 0.2) is 18.3 Å². The monoisotopic (exact) mass is 282 g/mol. The van der Waals surface area contributed by atoms with Gasteiger partial charge in [-0.25, -0.2) is 4.79 Å². The Balaban J connectivity index is 2.28. The molecule has 0 bridgehead atoms. The van der Waals surface area contributed by atoms with Gasteiger partial charge in [0.2, 0.25) is 0 Å². The van der Waals surface area contributed by atoms with E-state index in [1.807, 2.05) is 6.92 Å². The number of carboxylic acid groups (broad SMARTS) is 1. The summed E-state index contributed by atoms with van der Waals surface area (Å²) in [4.78, 5) is 29.0. The van der Waals surface area contributed by atoms with Crippen molar-refractivity contribution >= 4 is 23.5 Å². The number of pyridine rings is 1. The number of carboxylic acids is 1. The average Bonchev–Trinajstić information content (AvgIpc) is 2.37. The molecule has 1 aliphatic heterocycles. The van der Waals surface area contributed by atoms with E-state index in [4.69, 9.17) is 11.6 Å². The fraction of sp³-hybridized carbons (Fsp3) is 0.462. The number of nitrogens with zero attached hydrogens (tertiary/aromatic N) is 2. The lowest BCUT2D eigenvalue weighted by Gasteiger charge is -2.37. The molecule has 0 aromatic carbocycles. The number of piperidine rings is 1. The molecule has 0 spiro atoms. The van der Waals surface area contributed by atoms with E-state index >= 15 is 0 Å². The number of amides is 1. The van der Waals surface area contributed by atoms with Gasteiger partial charge < -0.3 is 10.0 Å². The van der Waals surface area contributed by atoms with Crippen molar-refractivity contribution in [3.05, 3.63) is 29.0 Å². The highest BCUT2D eigenvalue weighted by Gasteiger charge is 2.37. The lowest BCUT2D eigenvalue weighted by atomic mass is 9.90. The quantitative estimate of drug-likeness (QED) is 0.901. The summed E-state index contributed by atoms with van der Waals surface area (Å²) in [5, 5.41) is 9.70. The van der Waals surface area contributed by atoms with E-state index in [0.29, 0.717) is 11.6 Å². The Morgan fingerprint density at radius 2 is 2.26 bits per heavy atom. The Kier molecular flexibility index (Phi) is 4.04. The molecular formula is C13H15ClN2O3. The van der Waals surface area contributed by atoms with Gasteiger partial charge in [0, 0.05) is 17.8 Å². The first-order chi connectivity index (χ1) is 9.00. The molecule has 1 fully saturated rings. The Morgan fingerprint density at radius 3 is 2.89 bits per heavy atom. The highest BCUT2D eigenvalue weighted by atomic mass is 35.5. The fourth-order valence-electron chi connectivity index (χ4n) is 2.46. The first-order valence-corrected chi connectivity index (χ1v) is 6.54. The van der Waals surface area contributed by atoms with Crippen molar-refractivity contribution in [1.82, 2.24) is 9.88 Å². The zero-order valence-electron chi connectivity index (χ0n) is 10.5. The Bertz CT molecular complexity index is 506. The van der Waals surface area contributed by atoms with Crippen LogP contribution in [0.3, 0.4) is 0 Å². The molecule has 0 radical (unpaired) electrons. The van der Waals surface area contributed by atoms with Crippen molar-refractivity contribution in [3.63, 3.8) is 0 Å². The van der Waals surface area contributed by atoms with Crippen LogP contribution in [-0.4, -0.2) is 39.5 Å². The standard InChI is InChI=1S/C13H15ClN2O3/c1-8-3-2-6-16(11(8)13(18)19)12(17)10-7-9(14)4-5-15-10/h4-5,7-8,11H,2-3,6H2,1H3,(H,18,19). The van der Waals surface area contributed by atoms with Crippen molar-refractivity contribution in [2.45, 2.75) is 25.8 Å². The number of halogens is 1. The molecule has 1 saturated heterocycles. The molecular weight excluding hydrogens is 268 g/mol. The third-order valence-electron chi connectivity index (χ3n) is 3.39. The van der Waals surface area contributed by atoms with E-state index in [1.54, 1.807) is 6.07 Å². The molecule has 102 valence electrons. The van der Waals surface area contributed by atoms with Gasteiger partial charge in [0.25, 0.3) is 5.91 Å². The van der Waals surface area contributed by atoms with E-state index < -0.39 is 12.0 Å². The van der Waals surface area contributed by atoms with E-state index in [-0.39, 0.29) is 17.5 Å². The van der Waals surface area contributed by atoms with Gasteiger partial charge in [0.05, 0.1) is 0 Å². The van der Waals surface area contributed by atoms with Crippen molar-refractivity contribution in [1.29, 1.82) is 0 Å². The molecule has 1 N–H and O–H groups in total. The van der Waals surface area contributed by atoms with Gasteiger partial charge in [-0.3, -0.25) is 9.78 Å². The summed E-state index contributed by atoms with van der Waals surface area (Å²) in [7, 11) is 0. The number of carbonyl (C=O) groups excluding carboxylic acids is 1. The zero-order chi connectivity index (χ0) is 14.0. The third-order valence-corrected chi connectivity index (χ3v) is 3.62. The summed E-state index contributed by atoms with van der Waals surface area (Å²) in [6.07, 6.45) is 3.06. The lowest BCUT2D eigenvalue weighted by Crippen LogP contribution is -2.52. The molecule has 1 aliphatic rings. The van der Waals surface area contributed by atoms with Gasteiger partial charge in [-0.15, -0.1) is 0 Å². The normalized spacial score (nSPS) is 23.2. The molecule has 6 heteroatoms. The molecule has 1 amide bonds. The molecule has 2 heterocycles. The van der Waals surface area contributed by atoms with Gasteiger partial charge in [-0.05, 0) is 30.9 Å². The summed E-state index contributed by atoms with van der Waals surface area (Å²) in [6, 6.07) is 2.25. The van der Waals surface area contributed by atoms with Gasteiger partial charge >= 0.3 is 5.97 Å². The first-order valence-electron chi connectivity index (χ1n) is 6.16. The molecule has 2 unspecified atom stereocenters. The Hall–Kier alpha value is -1.62. The second-order valence-electron chi connectivity index (χ2n) is 4.76. The number of hydrogen-bond donors (Lipinski definition) is 1. The molecule has 0 saturated carbocycles. The minimum atomic E-state index is -0.970. The Labute approximate surface area is 116 Å². The topological polar surface area (TPSA) is 70.5 Å². The van der Waals surface area contributed by atoms with Crippen LogP contribution in [0.4, 0.5) is 0 Å². The van der Waals surface area contributed by atoms with Gasteiger partial charge in [-0.1, -0.05) is 18.5 Å². The highest BCUT2D eigenvalue weighted by molar-refractivity contribution is 6.30. The largest absolute Gasteiger partial charge is 0.480 e. The van der Waals surface area contributed by atoms with Crippen LogP contribution in [0.5, 0.6) is 0 Å². The summed E-state index contributed by atoms with van der Waals surface area (Å²) in [5.41, 5.74) is 0.188. The maximum Gasteiger partial charge on any atom is 0.326 e. The van der Waals surface area contributed by atoms with Gasteiger partial charge in [-0.2, -0.15) is 0 Å². The minimum absolute atomic E-state index is 0.0608. The van der Waals surface area contributed by atoms with Crippen molar-refractivity contribution in [3.8, 4) is 0 Å². The average molecular weight is 283 g/mol. The first kappa shape index (κ1) is 13.8. The summed E-state index contributed by atoms with van der Waals surface area (Å²) < 4.78 is 0. The second kappa shape index (κ2) is 5.57. The van der Waals surface area contributed by atoms with Crippen molar-refractivity contribution in [2.24, 2.45) is 5.92 Å². The van der Waals surface area contributed by atoms with E-state index in [2.05, 4.69) is 4.98 Å². The minimum Gasteiger partial charge on any atom is -0.480 e. The number of aromatic nitrogens is 1. The maximum absolute atomic E-state index is 12.4. The third kappa shape index (κ3) is 2.87. The number of carbonyl (C=O) groups is 2. The smallest absolute Gasteiger partial charge is 0.326 e. The maximum atomic E-state index is 12.4. The molecule has 5 nitrogen and oxygen atoms in total. The van der Waals surface area contributed by atoms with Gasteiger partial charge in [0.1, 0.15) is 11.7 Å². The number of likely N-dealkylation sites (tertiary alicyclic amines) is 1. The van der Waals surface area contributed by atoms with Gasteiger partial charge in [0.15, 0.2) is 0 Å². The van der Waals surface area contributed by atoms with Crippen LogP contribution in [0.2, 0.25) is 5.02 Å². The number of hydrogen-bond acceptors (Lipinski definition) is 3. The predicted octanol–water partition coefficient (Wildman–Crippen LogP) is 2.06. The van der Waals surface area contributed by atoms with E-state index in [1.165, 1.54) is 17.2 Å².